The Bertz CT molecular complexity index is 1270. The maximum atomic E-state index is 6.60. The van der Waals surface area contributed by atoms with E-state index in [1.54, 1.807) is 7.11 Å². The highest BCUT2D eigenvalue weighted by Crippen LogP contribution is 2.65. The van der Waals surface area contributed by atoms with Crippen LogP contribution in [0.1, 0.15) is 80.2 Å². The number of rotatable bonds is 3. The van der Waals surface area contributed by atoms with Crippen molar-refractivity contribution in [2.45, 2.75) is 72.3 Å². The van der Waals surface area contributed by atoms with E-state index in [2.05, 4.69) is 51.3 Å². The van der Waals surface area contributed by atoms with Gasteiger partial charge in [-0.15, -0.1) is 0 Å². The van der Waals surface area contributed by atoms with Crippen molar-refractivity contribution in [3.63, 3.8) is 0 Å². The first kappa shape index (κ1) is 21.2. The number of nitrogens with two attached hydrogens (primary N) is 1. The van der Waals surface area contributed by atoms with Gasteiger partial charge in [0.15, 0.2) is 5.65 Å². The Morgan fingerprint density at radius 3 is 2.64 bits per heavy atom. The summed E-state index contributed by atoms with van der Waals surface area (Å²) >= 11 is 0. The Morgan fingerprint density at radius 1 is 1.18 bits per heavy atom. The van der Waals surface area contributed by atoms with E-state index in [0.29, 0.717) is 17.3 Å². The van der Waals surface area contributed by atoms with E-state index in [9.17, 15) is 0 Å². The van der Waals surface area contributed by atoms with Crippen LogP contribution in [-0.4, -0.2) is 21.7 Å². The molecule has 33 heavy (non-hydrogen) atoms. The van der Waals surface area contributed by atoms with Gasteiger partial charge in [0.2, 0.25) is 0 Å². The van der Waals surface area contributed by atoms with Crippen LogP contribution in [0.3, 0.4) is 0 Å². The Hall–Kier alpha value is -2.40. The van der Waals surface area contributed by atoms with Gasteiger partial charge in [-0.1, -0.05) is 26.8 Å². The summed E-state index contributed by atoms with van der Waals surface area (Å²) in [5.74, 6) is 3.63. The van der Waals surface area contributed by atoms with Gasteiger partial charge in [0.05, 0.1) is 24.2 Å². The second-order valence-electron chi connectivity index (χ2n) is 11.4. The van der Waals surface area contributed by atoms with Gasteiger partial charge in [-0.3, -0.25) is 0 Å². The fourth-order valence-corrected chi connectivity index (χ4v) is 7.48. The van der Waals surface area contributed by atoms with Gasteiger partial charge in [-0.25, -0.2) is 9.50 Å². The Labute approximate surface area is 196 Å². The molecule has 2 aromatic heterocycles. The molecule has 2 heterocycles. The van der Waals surface area contributed by atoms with Crippen LogP contribution in [-0.2, 0) is 6.42 Å². The molecular weight excluding hydrogens is 408 g/mol. The van der Waals surface area contributed by atoms with Gasteiger partial charge in [0, 0.05) is 17.5 Å². The number of ether oxygens (including phenoxy) is 1. The number of aromatic nitrogens is 3. The Balaban J connectivity index is 1.58. The van der Waals surface area contributed by atoms with Gasteiger partial charge in [0.25, 0.3) is 0 Å². The first-order chi connectivity index (χ1) is 15.7. The molecule has 1 aromatic carbocycles. The summed E-state index contributed by atoms with van der Waals surface area (Å²) in [5.41, 5.74) is 16.4. The van der Waals surface area contributed by atoms with Gasteiger partial charge in [-0.2, -0.15) is 5.10 Å². The number of hydrogen-bond acceptors (Lipinski definition) is 4. The number of fused-ring (bicyclic) bond motifs is 4. The van der Waals surface area contributed by atoms with Crippen molar-refractivity contribution in [3.8, 4) is 16.9 Å². The predicted molar refractivity (Wildman–Crippen MR) is 132 cm³/mol. The molecule has 0 aliphatic heterocycles. The first-order valence-electron chi connectivity index (χ1n) is 12.5. The average molecular weight is 445 g/mol. The summed E-state index contributed by atoms with van der Waals surface area (Å²) in [4.78, 5) is 5.20. The minimum absolute atomic E-state index is 0.0219. The van der Waals surface area contributed by atoms with Crippen molar-refractivity contribution in [2.75, 3.05) is 7.11 Å². The van der Waals surface area contributed by atoms with E-state index in [4.69, 9.17) is 20.6 Å². The van der Waals surface area contributed by atoms with Crippen molar-refractivity contribution in [2.24, 2.45) is 28.9 Å². The summed E-state index contributed by atoms with van der Waals surface area (Å²) in [6, 6.07) is 6.29. The molecule has 3 saturated carbocycles. The molecule has 3 fully saturated rings. The van der Waals surface area contributed by atoms with E-state index < -0.39 is 0 Å². The first-order valence-corrected chi connectivity index (χ1v) is 12.5. The van der Waals surface area contributed by atoms with Crippen LogP contribution >= 0.6 is 0 Å². The topological polar surface area (TPSA) is 65.4 Å². The van der Waals surface area contributed by atoms with Crippen LogP contribution in [0.4, 0.5) is 0 Å². The molecule has 2 N–H and O–H groups in total. The fraction of sp³-hybridized carbons (Fsp3) is 0.571. The van der Waals surface area contributed by atoms with Crippen molar-refractivity contribution >= 4 is 5.65 Å². The van der Waals surface area contributed by atoms with Gasteiger partial charge in [0.1, 0.15) is 5.75 Å². The monoisotopic (exact) mass is 444 g/mol. The quantitative estimate of drug-likeness (QED) is 0.558. The molecule has 2 bridgehead atoms. The zero-order valence-corrected chi connectivity index (χ0v) is 20.8. The normalized spacial score (nSPS) is 29.7. The zero-order chi connectivity index (χ0) is 23.2. The van der Waals surface area contributed by atoms with Crippen LogP contribution < -0.4 is 10.5 Å². The maximum absolute atomic E-state index is 6.60. The lowest BCUT2D eigenvalue weighted by Gasteiger charge is -2.62. The summed E-state index contributed by atoms with van der Waals surface area (Å²) < 4.78 is 7.66. The molecule has 0 spiro atoms. The number of methoxy groups -OCH3 is 1. The van der Waals surface area contributed by atoms with E-state index in [1.165, 1.54) is 35.2 Å². The molecule has 1 unspecified atom stereocenters. The van der Waals surface area contributed by atoms with Crippen LogP contribution in [0.15, 0.2) is 18.2 Å². The van der Waals surface area contributed by atoms with E-state index in [0.717, 1.165) is 53.0 Å². The Kier molecular flexibility index (Phi) is 4.52. The van der Waals surface area contributed by atoms with Crippen LogP contribution in [0.2, 0.25) is 0 Å². The number of hydrogen-bond donors (Lipinski definition) is 1. The third-order valence-corrected chi connectivity index (χ3v) is 9.57. The van der Waals surface area contributed by atoms with Gasteiger partial charge in [-0.05, 0) is 91.5 Å². The molecule has 174 valence electrons. The van der Waals surface area contributed by atoms with Crippen molar-refractivity contribution < 1.29 is 4.74 Å². The molecule has 5 atom stereocenters. The molecular formula is C28H36N4O. The highest BCUT2D eigenvalue weighted by molar-refractivity contribution is 5.82. The van der Waals surface area contributed by atoms with Gasteiger partial charge < -0.3 is 10.5 Å². The van der Waals surface area contributed by atoms with Crippen molar-refractivity contribution in [1.29, 1.82) is 0 Å². The Morgan fingerprint density at radius 2 is 1.97 bits per heavy atom. The van der Waals surface area contributed by atoms with Crippen molar-refractivity contribution in [1.82, 2.24) is 14.6 Å². The predicted octanol–water partition coefficient (Wildman–Crippen LogP) is 5.75. The SMILES string of the molecule is COc1ccc(-c2c(C)nn3c([C@H]4C[C@H]5C[C@@H]([C@@H]4C)C5(C)C)c4c(nc23)C(N)CC4)c(C)c1. The second-order valence-corrected chi connectivity index (χ2v) is 11.4. The van der Waals surface area contributed by atoms with Crippen LogP contribution in [0, 0.1) is 37.0 Å². The third-order valence-electron chi connectivity index (χ3n) is 9.57. The number of aryl methyl sites for hydroxylation is 2. The summed E-state index contributed by atoms with van der Waals surface area (Å²) in [6.45, 7) is 11.7. The molecule has 4 aliphatic carbocycles. The van der Waals surface area contributed by atoms with E-state index >= 15 is 0 Å². The molecule has 3 aromatic rings. The maximum Gasteiger partial charge on any atom is 0.163 e. The highest BCUT2D eigenvalue weighted by atomic mass is 16.5. The largest absolute Gasteiger partial charge is 0.497 e. The lowest BCUT2D eigenvalue weighted by atomic mass is 9.43. The molecule has 7 rings (SSSR count). The minimum Gasteiger partial charge on any atom is -0.497 e. The fourth-order valence-electron chi connectivity index (χ4n) is 7.48. The number of nitrogens with zero attached hydrogens (tertiary/aromatic N) is 3. The molecule has 0 saturated heterocycles. The van der Waals surface area contributed by atoms with Crippen LogP contribution in [0.25, 0.3) is 16.8 Å². The summed E-state index contributed by atoms with van der Waals surface area (Å²) in [5, 5.41) is 5.14. The summed E-state index contributed by atoms with van der Waals surface area (Å²) in [6.07, 6.45) is 4.64. The lowest BCUT2D eigenvalue weighted by Crippen LogP contribution is -2.54. The summed E-state index contributed by atoms with van der Waals surface area (Å²) in [7, 11) is 1.71. The molecule has 0 radical (unpaired) electrons. The lowest BCUT2D eigenvalue weighted by molar-refractivity contribution is -0.111. The van der Waals surface area contributed by atoms with E-state index in [-0.39, 0.29) is 6.04 Å². The average Bonchev–Trinajstić information content (AvgIpc) is 3.31. The molecule has 5 heteroatoms. The van der Waals surface area contributed by atoms with Crippen molar-refractivity contribution in [3.05, 3.63) is 46.4 Å². The third kappa shape index (κ3) is 2.81. The standard InChI is InChI=1S/C28H36N4O/c1-14-11-18(33-6)7-8-19(14)24-16(3)31-32-26(20-9-10-23(29)25(20)30-27(24)32)21-12-17-13-22(15(21)2)28(17,4)5/h7-8,11,15,17,21-23H,9-10,12-13,29H2,1-6H3/t15-,17+,21+,22+,23?/m1/s1. The molecule has 5 nitrogen and oxygen atoms in total. The smallest absolute Gasteiger partial charge is 0.163 e. The minimum atomic E-state index is 0.0219. The number of benzene rings is 1. The second kappa shape index (κ2) is 7.05. The van der Waals surface area contributed by atoms with Crippen LogP contribution in [0.5, 0.6) is 5.75 Å². The molecule has 0 amide bonds. The zero-order valence-electron chi connectivity index (χ0n) is 20.8. The van der Waals surface area contributed by atoms with Gasteiger partial charge >= 0.3 is 0 Å². The molecule has 4 aliphatic rings. The van der Waals surface area contributed by atoms with E-state index in [1.807, 2.05) is 6.07 Å². The highest BCUT2D eigenvalue weighted by Gasteiger charge is 2.57.